The molecule has 2 unspecified atom stereocenters. The molecule has 2 nitrogen and oxygen atoms in total. The van der Waals surface area contributed by atoms with Gasteiger partial charge in [-0.25, -0.2) is 4.39 Å². The molecule has 2 aromatic carbocycles. The quantitative estimate of drug-likeness (QED) is 0.670. The van der Waals surface area contributed by atoms with Crippen molar-refractivity contribution in [2.75, 3.05) is 0 Å². The summed E-state index contributed by atoms with van der Waals surface area (Å²) in [5, 5.41) is 0.583. The lowest BCUT2D eigenvalue weighted by molar-refractivity contribution is 0.403. The maximum atomic E-state index is 13.3. The molecule has 4 heteroatoms. The van der Waals surface area contributed by atoms with Crippen molar-refractivity contribution in [1.29, 1.82) is 0 Å². The van der Waals surface area contributed by atoms with Crippen LogP contribution < -0.4 is 11.3 Å². The van der Waals surface area contributed by atoms with Gasteiger partial charge in [-0.1, -0.05) is 35.9 Å². The van der Waals surface area contributed by atoms with E-state index in [4.69, 9.17) is 17.4 Å². The van der Waals surface area contributed by atoms with Crippen LogP contribution in [-0.2, 0) is 12.8 Å². The molecule has 1 aliphatic rings. The molecule has 104 valence electrons. The third-order valence-electron chi connectivity index (χ3n) is 4.04. The van der Waals surface area contributed by atoms with E-state index in [1.165, 1.54) is 23.3 Å². The van der Waals surface area contributed by atoms with E-state index in [-0.39, 0.29) is 11.9 Å². The number of rotatable bonds is 4. The Labute approximate surface area is 122 Å². The van der Waals surface area contributed by atoms with Crippen LogP contribution in [0.3, 0.4) is 0 Å². The van der Waals surface area contributed by atoms with Crippen LogP contribution in [0, 0.1) is 5.82 Å². The van der Waals surface area contributed by atoms with Gasteiger partial charge in [-0.2, -0.15) is 0 Å². The SMILES string of the molecule is NNC(Cc1cc(F)ccc1Cl)C1Cc2ccccc21. The standard InChI is InChI=1S/C16H16ClFN2/c17-15-6-5-12(18)7-11(15)9-16(20-19)14-8-10-3-1-2-4-13(10)14/h1-7,14,16,20H,8-9,19H2. The lowest BCUT2D eigenvalue weighted by atomic mass is 9.72. The average molecular weight is 291 g/mol. The van der Waals surface area contributed by atoms with Gasteiger partial charge in [0.15, 0.2) is 0 Å². The lowest BCUT2D eigenvalue weighted by Crippen LogP contribution is -2.45. The van der Waals surface area contributed by atoms with E-state index in [1.807, 2.05) is 12.1 Å². The summed E-state index contributed by atoms with van der Waals surface area (Å²) in [6, 6.07) is 12.8. The molecule has 3 N–H and O–H groups in total. The largest absolute Gasteiger partial charge is 0.271 e. The van der Waals surface area contributed by atoms with Crippen LogP contribution in [0.25, 0.3) is 0 Å². The summed E-state index contributed by atoms with van der Waals surface area (Å²) < 4.78 is 13.3. The zero-order valence-electron chi connectivity index (χ0n) is 10.9. The fourth-order valence-corrected chi connectivity index (χ4v) is 3.11. The summed E-state index contributed by atoms with van der Waals surface area (Å²) in [5.74, 6) is 5.78. The molecule has 0 saturated carbocycles. The minimum Gasteiger partial charge on any atom is -0.271 e. The van der Waals surface area contributed by atoms with E-state index in [0.717, 1.165) is 12.0 Å². The van der Waals surface area contributed by atoms with Crippen LogP contribution >= 0.6 is 11.6 Å². The van der Waals surface area contributed by atoms with E-state index in [0.29, 0.717) is 17.4 Å². The van der Waals surface area contributed by atoms with Crippen molar-refractivity contribution in [3.8, 4) is 0 Å². The number of benzene rings is 2. The number of nitrogens with one attached hydrogen (secondary N) is 1. The van der Waals surface area contributed by atoms with Crippen molar-refractivity contribution in [3.63, 3.8) is 0 Å². The highest BCUT2D eigenvalue weighted by Crippen LogP contribution is 2.38. The molecule has 0 bridgehead atoms. The molecule has 2 aromatic rings. The van der Waals surface area contributed by atoms with Gasteiger partial charge in [-0.3, -0.25) is 11.3 Å². The van der Waals surface area contributed by atoms with Crippen molar-refractivity contribution >= 4 is 11.6 Å². The van der Waals surface area contributed by atoms with Crippen molar-refractivity contribution in [3.05, 3.63) is 70.0 Å². The van der Waals surface area contributed by atoms with Crippen LogP contribution in [-0.4, -0.2) is 6.04 Å². The Morgan fingerprint density at radius 3 is 2.85 bits per heavy atom. The minimum absolute atomic E-state index is 0.0594. The Hall–Kier alpha value is -1.42. The summed E-state index contributed by atoms with van der Waals surface area (Å²) in [6.07, 6.45) is 1.62. The van der Waals surface area contributed by atoms with Gasteiger partial charge in [0.25, 0.3) is 0 Å². The molecule has 2 atom stereocenters. The Balaban J connectivity index is 1.81. The molecule has 20 heavy (non-hydrogen) atoms. The highest BCUT2D eigenvalue weighted by atomic mass is 35.5. The van der Waals surface area contributed by atoms with Crippen molar-refractivity contribution in [1.82, 2.24) is 5.43 Å². The van der Waals surface area contributed by atoms with E-state index in [9.17, 15) is 4.39 Å². The summed E-state index contributed by atoms with van der Waals surface area (Å²) in [5.41, 5.74) is 6.34. The normalized spacial score (nSPS) is 18.2. The molecular formula is C16H16ClFN2. The van der Waals surface area contributed by atoms with Crippen LogP contribution in [0.4, 0.5) is 4.39 Å². The van der Waals surface area contributed by atoms with Gasteiger partial charge in [0.1, 0.15) is 5.82 Å². The zero-order valence-corrected chi connectivity index (χ0v) is 11.7. The molecule has 0 amide bonds. The van der Waals surface area contributed by atoms with Gasteiger partial charge in [-0.15, -0.1) is 0 Å². The molecular weight excluding hydrogens is 275 g/mol. The van der Waals surface area contributed by atoms with Gasteiger partial charge < -0.3 is 0 Å². The average Bonchev–Trinajstić information content (AvgIpc) is 2.43. The van der Waals surface area contributed by atoms with Crippen molar-refractivity contribution < 1.29 is 4.39 Å². The molecule has 3 rings (SSSR count). The van der Waals surface area contributed by atoms with Crippen molar-refractivity contribution in [2.45, 2.75) is 24.8 Å². The number of halogens is 2. The Bertz CT molecular complexity index is 630. The van der Waals surface area contributed by atoms with Crippen LogP contribution in [0.15, 0.2) is 42.5 Å². The molecule has 0 aromatic heterocycles. The highest BCUT2D eigenvalue weighted by Gasteiger charge is 2.32. The fraction of sp³-hybridized carbons (Fsp3) is 0.250. The summed E-state index contributed by atoms with van der Waals surface area (Å²) in [7, 11) is 0. The second kappa shape index (κ2) is 5.52. The number of hydrogen-bond donors (Lipinski definition) is 2. The number of hydrogen-bond acceptors (Lipinski definition) is 2. The van der Waals surface area contributed by atoms with Gasteiger partial charge in [-0.05, 0) is 47.7 Å². The first-order chi connectivity index (χ1) is 9.69. The first-order valence-electron chi connectivity index (χ1n) is 6.67. The molecule has 0 spiro atoms. The topological polar surface area (TPSA) is 38.0 Å². The molecule has 0 aliphatic heterocycles. The van der Waals surface area contributed by atoms with E-state index < -0.39 is 0 Å². The Morgan fingerprint density at radius 2 is 2.10 bits per heavy atom. The Kier molecular flexibility index (Phi) is 3.74. The second-order valence-electron chi connectivity index (χ2n) is 5.22. The monoisotopic (exact) mass is 290 g/mol. The second-order valence-corrected chi connectivity index (χ2v) is 5.63. The maximum Gasteiger partial charge on any atom is 0.123 e. The first kappa shape index (κ1) is 13.6. The van der Waals surface area contributed by atoms with Gasteiger partial charge in [0.05, 0.1) is 0 Å². The van der Waals surface area contributed by atoms with Gasteiger partial charge in [0.2, 0.25) is 0 Å². The highest BCUT2D eigenvalue weighted by molar-refractivity contribution is 6.31. The summed E-state index contributed by atoms with van der Waals surface area (Å²) in [6.45, 7) is 0. The van der Waals surface area contributed by atoms with Gasteiger partial charge >= 0.3 is 0 Å². The predicted octanol–water partition coefficient (Wildman–Crippen LogP) is 3.19. The van der Waals surface area contributed by atoms with Crippen LogP contribution in [0.1, 0.15) is 22.6 Å². The zero-order chi connectivity index (χ0) is 14.1. The first-order valence-corrected chi connectivity index (χ1v) is 7.04. The van der Waals surface area contributed by atoms with Crippen molar-refractivity contribution in [2.24, 2.45) is 5.84 Å². The van der Waals surface area contributed by atoms with Gasteiger partial charge in [0, 0.05) is 17.0 Å². The lowest BCUT2D eigenvalue weighted by Gasteiger charge is -2.36. The number of nitrogens with two attached hydrogens (primary N) is 1. The summed E-state index contributed by atoms with van der Waals surface area (Å²) >= 11 is 6.13. The molecule has 0 heterocycles. The minimum atomic E-state index is -0.269. The van der Waals surface area contributed by atoms with E-state index in [1.54, 1.807) is 6.07 Å². The Morgan fingerprint density at radius 1 is 1.30 bits per heavy atom. The maximum absolute atomic E-state index is 13.3. The predicted molar refractivity (Wildman–Crippen MR) is 79.1 cm³/mol. The molecule has 1 aliphatic carbocycles. The third kappa shape index (κ3) is 2.44. The summed E-state index contributed by atoms with van der Waals surface area (Å²) in [4.78, 5) is 0. The number of hydrazine groups is 1. The molecule has 0 saturated heterocycles. The molecule has 0 fully saturated rings. The van der Waals surface area contributed by atoms with E-state index >= 15 is 0 Å². The van der Waals surface area contributed by atoms with Crippen LogP contribution in [0.2, 0.25) is 5.02 Å². The molecule has 0 radical (unpaired) electrons. The fourth-order valence-electron chi connectivity index (χ4n) is 2.91. The van der Waals surface area contributed by atoms with E-state index in [2.05, 4.69) is 17.6 Å². The smallest absolute Gasteiger partial charge is 0.123 e. The van der Waals surface area contributed by atoms with Crippen LogP contribution in [0.5, 0.6) is 0 Å². The third-order valence-corrected chi connectivity index (χ3v) is 4.41. The number of fused-ring (bicyclic) bond motifs is 1.